The SMILES string of the molecule is O=C1CCC(c2coc3ccc(C(=O)Nc4ccc(CN5CCOCC5)cc4)cc23)C(=O)N1. The lowest BCUT2D eigenvalue weighted by molar-refractivity contribution is -0.134. The lowest BCUT2D eigenvalue weighted by atomic mass is 9.90. The second kappa shape index (κ2) is 9.17. The van der Waals surface area contributed by atoms with E-state index in [0.29, 0.717) is 34.2 Å². The standard InChI is InChI=1S/C25H25N3O5/c29-23-8-6-19(25(31)27-23)21-15-33-22-7-3-17(13-20(21)22)24(30)26-18-4-1-16(2-5-18)14-28-9-11-32-12-10-28/h1-5,7,13,15,19H,6,8-12,14H2,(H,26,30)(H,27,29,31). The summed E-state index contributed by atoms with van der Waals surface area (Å²) in [4.78, 5) is 39.0. The molecule has 1 unspecified atom stereocenters. The highest BCUT2D eigenvalue weighted by molar-refractivity contribution is 6.07. The lowest BCUT2D eigenvalue weighted by Gasteiger charge is -2.26. The number of carbonyl (C=O) groups excluding carboxylic acids is 3. The predicted molar refractivity (Wildman–Crippen MR) is 122 cm³/mol. The van der Waals surface area contributed by atoms with E-state index < -0.39 is 5.92 Å². The fraction of sp³-hybridized carbons (Fsp3) is 0.320. The Morgan fingerprint density at radius 3 is 2.64 bits per heavy atom. The van der Waals surface area contributed by atoms with Crippen LogP contribution in [0.4, 0.5) is 5.69 Å². The van der Waals surface area contributed by atoms with Crippen molar-refractivity contribution in [1.82, 2.24) is 10.2 Å². The Bertz CT molecular complexity index is 1190. The van der Waals surface area contributed by atoms with Gasteiger partial charge in [-0.1, -0.05) is 12.1 Å². The second-order valence-electron chi connectivity index (χ2n) is 8.45. The molecule has 3 heterocycles. The first-order chi connectivity index (χ1) is 16.1. The third-order valence-electron chi connectivity index (χ3n) is 6.20. The molecule has 5 rings (SSSR count). The summed E-state index contributed by atoms with van der Waals surface area (Å²) in [7, 11) is 0. The summed E-state index contributed by atoms with van der Waals surface area (Å²) in [6.45, 7) is 4.24. The minimum atomic E-state index is -0.471. The molecule has 3 amide bonds. The van der Waals surface area contributed by atoms with Gasteiger partial charge in [-0.2, -0.15) is 0 Å². The fourth-order valence-electron chi connectivity index (χ4n) is 4.36. The van der Waals surface area contributed by atoms with Crippen molar-refractivity contribution in [2.75, 3.05) is 31.6 Å². The molecule has 3 aromatic rings. The van der Waals surface area contributed by atoms with Gasteiger partial charge in [0.15, 0.2) is 0 Å². The topological polar surface area (TPSA) is 101 Å². The summed E-state index contributed by atoms with van der Waals surface area (Å²) in [6.07, 6.45) is 2.25. The van der Waals surface area contributed by atoms with Crippen molar-refractivity contribution >= 4 is 34.4 Å². The molecule has 8 nitrogen and oxygen atoms in total. The maximum atomic E-state index is 12.9. The van der Waals surface area contributed by atoms with Crippen molar-refractivity contribution in [2.24, 2.45) is 0 Å². The molecular weight excluding hydrogens is 422 g/mol. The normalized spacial score (nSPS) is 19.5. The number of rotatable bonds is 5. The van der Waals surface area contributed by atoms with E-state index in [0.717, 1.165) is 32.8 Å². The van der Waals surface area contributed by atoms with Crippen molar-refractivity contribution < 1.29 is 23.5 Å². The first kappa shape index (κ1) is 21.4. The molecule has 2 aromatic carbocycles. The molecule has 0 aliphatic carbocycles. The molecule has 1 aromatic heterocycles. The number of anilines is 1. The van der Waals surface area contributed by atoms with Gasteiger partial charge in [-0.25, -0.2) is 0 Å². The molecule has 0 bridgehead atoms. The zero-order valence-electron chi connectivity index (χ0n) is 18.1. The highest BCUT2D eigenvalue weighted by Gasteiger charge is 2.30. The van der Waals surface area contributed by atoms with Crippen LogP contribution in [0.3, 0.4) is 0 Å². The van der Waals surface area contributed by atoms with E-state index in [-0.39, 0.29) is 24.1 Å². The van der Waals surface area contributed by atoms with Crippen molar-refractivity contribution in [1.29, 1.82) is 0 Å². The number of imide groups is 1. The Morgan fingerprint density at radius 2 is 1.88 bits per heavy atom. The van der Waals surface area contributed by atoms with E-state index in [1.807, 2.05) is 24.3 Å². The Hall–Kier alpha value is -3.49. The molecule has 2 aliphatic rings. The molecular formula is C25H25N3O5. The zero-order chi connectivity index (χ0) is 22.8. The van der Waals surface area contributed by atoms with Crippen LogP contribution >= 0.6 is 0 Å². The van der Waals surface area contributed by atoms with Crippen LogP contribution in [-0.2, 0) is 20.9 Å². The van der Waals surface area contributed by atoms with Crippen LogP contribution in [-0.4, -0.2) is 48.9 Å². The van der Waals surface area contributed by atoms with E-state index >= 15 is 0 Å². The number of fused-ring (bicyclic) bond motifs is 1. The van der Waals surface area contributed by atoms with Gasteiger partial charge in [-0.05, 0) is 42.3 Å². The molecule has 2 N–H and O–H groups in total. The van der Waals surface area contributed by atoms with Crippen molar-refractivity contribution in [3.05, 3.63) is 65.4 Å². The van der Waals surface area contributed by atoms with E-state index in [4.69, 9.17) is 9.15 Å². The van der Waals surface area contributed by atoms with Crippen LogP contribution in [0.2, 0.25) is 0 Å². The number of benzene rings is 2. The number of ether oxygens (including phenoxy) is 1. The van der Waals surface area contributed by atoms with Crippen LogP contribution in [0.1, 0.15) is 40.2 Å². The monoisotopic (exact) mass is 447 g/mol. The van der Waals surface area contributed by atoms with Gasteiger partial charge < -0.3 is 14.5 Å². The Balaban J connectivity index is 1.29. The summed E-state index contributed by atoms with van der Waals surface area (Å²) >= 11 is 0. The van der Waals surface area contributed by atoms with Crippen molar-refractivity contribution in [3.63, 3.8) is 0 Å². The van der Waals surface area contributed by atoms with E-state index in [2.05, 4.69) is 15.5 Å². The largest absolute Gasteiger partial charge is 0.464 e. The third kappa shape index (κ3) is 4.67. The highest BCUT2D eigenvalue weighted by Crippen LogP contribution is 2.33. The molecule has 0 saturated carbocycles. The van der Waals surface area contributed by atoms with Crippen LogP contribution in [0.25, 0.3) is 11.0 Å². The number of morpholine rings is 1. The van der Waals surface area contributed by atoms with Gasteiger partial charge >= 0.3 is 0 Å². The minimum Gasteiger partial charge on any atom is -0.464 e. The van der Waals surface area contributed by atoms with Gasteiger partial charge in [0, 0.05) is 48.3 Å². The highest BCUT2D eigenvalue weighted by atomic mass is 16.5. The quantitative estimate of drug-likeness (QED) is 0.583. The third-order valence-corrected chi connectivity index (χ3v) is 6.20. The van der Waals surface area contributed by atoms with Crippen LogP contribution in [0.5, 0.6) is 0 Å². The molecule has 2 fully saturated rings. The molecule has 2 aliphatic heterocycles. The van der Waals surface area contributed by atoms with E-state index in [1.165, 1.54) is 5.56 Å². The average molecular weight is 447 g/mol. The summed E-state index contributed by atoms with van der Waals surface area (Å²) in [6, 6.07) is 13.0. The zero-order valence-corrected chi connectivity index (χ0v) is 18.1. The first-order valence-electron chi connectivity index (χ1n) is 11.1. The second-order valence-corrected chi connectivity index (χ2v) is 8.45. The maximum Gasteiger partial charge on any atom is 0.255 e. The summed E-state index contributed by atoms with van der Waals surface area (Å²) in [5.41, 5.74) is 3.65. The minimum absolute atomic E-state index is 0.242. The number of amides is 3. The number of carbonyl (C=O) groups is 3. The van der Waals surface area contributed by atoms with Gasteiger partial charge in [0.25, 0.3) is 5.91 Å². The number of hydrogen-bond acceptors (Lipinski definition) is 6. The summed E-state index contributed by atoms with van der Waals surface area (Å²) in [5.74, 6) is -1.31. The van der Waals surface area contributed by atoms with Crippen molar-refractivity contribution in [2.45, 2.75) is 25.3 Å². The molecule has 0 spiro atoms. The number of nitrogens with one attached hydrogen (secondary N) is 2. The summed E-state index contributed by atoms with van der Waals surface area (Å²) < 4.78 is 11.0. The predicted octanol–water partition coefficient (Wildman–Crippen LogP) is 3.04. The van der Waals surface area contributed by atoms with Crippen LogP contribution in [0, 0.1) is 0 Å². The van der Waals surface area contributed by atoms with Gasteiger partial charge in [0.1, 0.15) is 5.58 Å². The summed E-state index contributed by atoms with van der Waals surface area (Å²) in [5, 5.41) is 6.01. The van der Waals surface area contributed by atoms with Gasteiger partial charge in [-0.15, -0.1) is 0 Å². The molecule has 0 radical (unpaired) electrons. The Morgan fingerprint density at radius 1 is 1.09 bits per heavy atom. The number of hydrogen-bond donors (Lipinski definition) is 2. The average Bonchev–Trinajstić information content (AvgIpc) is 3.24. The van der Waals surface area contributed by atoms with Gasteiger partial charge in [-0.3, -0.25) is 24.6 Å². The number of nitrogens with zero attached hydrogens (tertiary/aromatic N) is 1. The Labute approximate surface area is 190 Å². The fourth-order valence-corrected chi connectivity index (χ4v) is 4.36. The van der Waals surface area contributed by atoms with Crippen LogP contribution in [0.15, 0.2) is 53.1 Å². The smallest absolute Gasteiger partial charge is 0.255 e. The van der Waals surface area contributed by atoms with E-state index in [1.54, 1.807) is 24.5 Å². The number of piperidine rings is 1. The number of furan rings is 1. The van der Waals surface area contributed by atoms with Crippen LogP contribution < -0.4 is 10.6 Å². The lowest BCUT2D eigenvalue weighted by Crippen LogP contribution is -2.39. The molecule has 33 heavy (non-hydrogen) atoms. The molecule has 1 atom stereocenters. The molecule has 2 saturated heterocycles. The molecule has 8 heteroatoms. The Kier molecular flexibility index (Phi) is 5.93. The van der Waals surface area contributed by atoms with Gasteiger partial charge in [0.2, 0.25) is 11.8 Å². The molecule has 170 valence electrons. The maximum absolute atomic E-state index is 12.9. The van der Waals surface area contributed by atoms with Gasteiger partial charge in [0.05, 0.1) is 25.4 Å². The van der Waals surface area contributed by atoms with E-state index in [9.17, 15) is 14.4 Å². The van der Waals surface area contributed by atoms with Crippen molar-refractivity contribution in [3.8, 4) is 0 Å². The first-order valence-corrected chi connectivity index (χ1v) is 11.1.